The summed E-state index contributed by atoms with van der Waals surface area (Å²) >= 11 is 0. The van der Waals surface area contributed by atoms with Crippen LogP contribution in [0.3, 0.4) is 0 Å². The van der Waals surface area contributed by atoms with Gasteiger partial charge in [0.25, 0.3) is 0 Å². The average Bonchev–Trinajstić information content (AvgIpc) is 2.65. The highest BCUT2D eigenvalue weighted by Crippen LogP contribution is 2.51. The Hall–Kier alpha value is -0.770. The fourth-order valence-electron chi connectivity index (χ4n) is 3.23. The first kappa shape index (κ1) is 12.7. The van der Waals surface area contributed by atoms with Crippen molar-refractivity contribution in [1.29, 1.82) is 0 Å². The summed E-state index contributed by atoms with van der Waals surface area (Å²) < 4.78 is 5.61. The third-order valence-corrected chi connectivity index (χ3v) is 4.34. The number of hydrogen-bond acceptors (Lipinski definition) is 3. The van der Waals surface area contributed by atoms with E-state index in [-0.39, 0.29) is 0 Å². The Balaban J connectivity index is 1.85. The van der Waals surface area contributed by atoms with Gasteiger partial charge < -0.3 is 9.64 Å². The molecule has 1 aliphatic heterocycles. The van der Waals surface area contributed by atoms with Crippen molar-refractivity contribution in [2.75, 3.05) is 39.4 Å². The maximum absolute atomic E-state index is 8.29. The van der Waals surface area contributed by atoms with Gasteiger partial charge in [-0.3, -0.25) is 0 Å². The Labute approximate surface area is 103 Å². The third-order valence-electron chi connectivity index (χ3n) is 4.34. The number of azide groups is 1. The minimum atomic E-state index is 0.519. The van der Waals surface area contributed by atoms with Gasteiger partial charge in [-0.1, -0.05) is 11.5 Å². The van der Waals surface area contributed by atoms with E-state index in [9.17, 15) is 0 Å². The summed E-state index contributed by atoms with van der Waals surface area (Å²) in [6, 6.07) is 0. The van der Waals surface area contributed by atoms with Crippen LogP contribution in [0.25, 0.3) is 10.4 Å². The van der Waals surface area contributed by atoms with Crippen LogP contribution in [0.5, 0.6) is 0 Å². The lowest BCUT2D eigenvalue weighted by molar-refractivity contribution is 0.0223. The Bertz CT molecular complexity index is 297. The monoisotopic (exact) mass is 238 g/mol. The highest BCUT2D eigenvalue weighted by molar-refractivity contribution is 5.01. The van der Waals surface area contributed by atoms with Crippen molar-refractivity contribution in [1.82, 2.24) is 4.90 Å². The maximum atomic E-state index is 8.29. The summed E-state index contributed by atoms with van der Waals surface area (Å²) in [5.74, 6) is 0.683. The van der Waals surface area contributed by atoms with E-state index >= 15 is 0 Å². The molecule has 1 spiro atoms. The van der Waals surface area contributed by atoms with Crippen molar-refractivity contribution < 1.29 is 4.74 Å². The number of likely N-dealkylation sites (tertiary alicyclic amines) is 1. The smallest absolute Gasteiger partial charge is 0.0512 e. The first-order valence-electron chi connectivity index (χ1n) is 6.62. The summed E-state index contributed by atoms with van der Waals surface area (Å²) in [7, 11) is 0. The van der Waals surface area contributed by atoms with Gasteiger partial charge >= 0.3 is 0 Å². The molecule has 0 aromatic carbocycles. The van der Waals surface area contributed by atoms with Gasteiger partial charge in [0.1, 0.15) is 0 Å². The number of nitrogens with zero attached hydrogens (tertiary/aromatic N) is 4. The maximum Gasteiger partial charge on any atom is 0.0512 e. The molecule has 2 aliphatic rings. The first-order valence-corrected chi connectivity index (χ1v) is 6.62. The molecule has 2 fully saturated rings. The van der Waals surface area contributed by atoms with Crippen LogP contribution in [-0.4, -0.2) is 44.3 Å². The molecule has 1 saturated heterocycles. The Morgan fingerprint density at radius 3 is 2.94 bits per heavy atom. The van der Waals surface area contributed by atoms with Crippen molar-refractivity contribution in [3.8, 4) is 0 Å². The van der Waals surface area contributed by atoms with Crippen molar-refractivity contribution in [3.63, 3.8) is 0 Å². The fourth-order valence-corrected chi connectivity index (χ4v) is 3.23. The summed E-state index contributed by atoms with van der Waals surface area (Å²) in [4.78, 5) is 5.25. The van der Waals surface area contributed by atoms with Gasteiger partial charge in [-0.2, -0.15) is 0 Å². The number of hydrogen-bond donors (Lipinski definition) is 0. The molecule has 1 atom stereocenters. The molecule has 1 aliphatic carbocycles. The van der Waals surface area contributed by atoms with Crippen molar-refractivity contribution in [2.45, 2.75) is 26.2 Å². The molecule has 0 aromatic heterocycles. The van der Waals surface area contributed by atoms with E-state index < -0.39 is 0 Å². The second kappa shape index (κ2) is 5.71. The van der Waals surface area contributed by atoms with E-state index in [4.69, 9.17) is 10.3 Å². The molecule has 0 bridgehead atoms. The lowest BCUT2D eigenvalue weighted by Gasteiger charge is -2.43. The highest BCUT2D eigenvalue weighted by atomic mass is 16.5. The van der Waals surface area contributed by atoms with E-state index in [0.29, 0.717) is 17.9 Å². The molecule has 0 unspecified atom stereocenters. The highest BCUT2D eigenvalue weighted by Gasteiger charge is 2.49. The molecular weight excluding hydrogens is 216 g/mol. The quantitative estimate of drug-likeness (QED) is 0.405. The minimum Gasteiger partial charge on any atom is -0.381 e. The van der Waals surface area contributed by atoms with Crippen LogP contribution in [0, 0.1) is 11.3 Å². The standard InChI is InChI=1S/C12H22N4O/c1-2-17-9-11-8-16(7-6-14-15-13)10-12(11)4-3-5-12/h11H,2-10H2,1H3/t11-/m1/s1. The number of rotatable bonds is 6. The molecule has 5 nitrogen and oxygen atoms in total. The predicted molar refractivity (Wildman–Crippen MR) is 66.7 cm³/mol. The molecule has 0 N–H and O–H groups in total. The summed E-state index contributed by atoms with van der Waals surface area (Å²) in [5.41, 5.74) is 8.81. The molecule has 5 heteroatoms. The molecule has 96 valence electrons. The van der Waals surface area contributed by atoms with Crippen LogP contribution in [0.4, 0.5) is 0 Å². The van der Waals surface area contributed by atoms with Gasteiger partial charge in [0, 0.05) is 43.6 Å². The molecule has 17 heavy (non-hydrogen) atoms. The van der Waals surface area contributed by atoms with Gasteiger partial charge in [-0.15, -0.1) is 0 Å². The molecule has 0 aromatic rings. The van der Waals surface area contributed by atoms with Gasteiger partial charge in [-0.25, -0.2) is 0 Å². The zero-order chi connectivity index (χ0) is 12.1. The second-order valence-electron chi connectivity index (χ2n) is 5.26. The lowest BCUT2D eigenvalue weighted by Crippen LogP contribution is -2.39. The Morgan fingerprint density at radius 2 is 2.35 bits per heavy atom. The number of ether oxygens (including phenoxy) is 1. The summed E-state index contributed by atoms with van der Waals surface area (Å²) in [6.45, 7) is 7.54. The minimum absolute atomic E-state index is 0.519. The average molecular weight is 238 g/mol. The van der Waals surface area contributed by atoms with Crippen molar-refractivity contribution in [2.24, 2.45) is 16.4 Å². The molecule has 0 amide bonds. The van der Waals surface area contributed by atoms with Gasteiger partial charge in [0.15, 0.2) is 0 Å². The summed E-state index contributed by atoms with van der Waals surface area (Å²) in [5, 5.41) is 3.62. The Kier molecular flexibility index (Phi) is 4.26. The van der Waals surface area contributed by atoms with Crippen LogP contribution in [0.2, 0.25) is 0 Å². The normalized spacial score (nSPS) is 26.8. The summed E-state index contributed by atoms with van der Waals surface area (Å²) in [6.07, 6.45) is 4.07. The van der Waals surface area contributed by atoms with Crippen LogP contribution in [0.1, 0.15) is 26.2 Å². The van der Waals surface area contributed by atoms with Crippen LogP contribution < -0.4 is 0 Å². The third kappa shape index (κ3) is 2.73. The Morgan fingerprint density at radius 1 is 1.53 bits per heavy atom. The molecule has 0 radical (unpaired) electrons. The van der Waals surface area contributed by atoms with E-state index in [1.807, 2.05) is 0 Å². The molecule has 1 saturated carbocycles. The van der Waals surface area contributed by atoms with Gasteiger partial charge in [-0.05, 0) is 30.7 Å². The molecule has 1 heterocycles. The topological polar surface area (TPSA) is 61.2 Å². The predicted octanol–water partition coefficient (Wildman–Crippen LogP) is 2.44. The van der Waals surface area contributed by atoms with Crippen LogP contribution >= 0.6 is 0 Å². The molecular formula is C12H22N4O. The van der Waals surface area contributed by atoms with E-state index in [0.717, 1.165) is 26.3 Å². The van der Waals surface area contributed by atoms with Crippen molar-refractivity contribution >= 4 is 0 Å². The largest absolute Gasteiger partial charge is 0.381 e. The van der Waals surface area contributed by atoms with Crippen molar-refractivity contribution in [3.05, 3.63) is 10.4 Å². The lowest BCUT2D eigenvalue weighted by atomic mass is 9.63. The zero-order valence-corrected chi connectivity index (χ0v) is 10.6. The second-order valence-corrected chi connectivity index (χ2v) is 5.26. The first-order chi connectivity index (χ1) is 8.30. The van der Waals surface area contributed by atoms with Crippen LogP contribution in [-0.2, 0) is 4.74 Å². The van der Waals surface area contributed by atoms with Crippen LogP contribution in [0.15, 0.2) is 5.11 Å². The van der Waals surface area contributed by atoms with E-state index in [2.05, 4.69) is 21.8 Å². The van der Waals surface area contributed by atoms with E-state index in [1.54, 1.807) is 0 Å². The zero-order valence-electron chi connectivity index (χ0n) is 10.6. The molecule has 2 rings (SSSR count). The van der Waals surface area contributed by atoms with E-state index in [1.165, 1.54) is 25.8 Å². The SMILES string of the molecule is CCOC[C@H]1CN(CCN=[N+]=[N-])CC12CCC2. The van der Waals surface area contributed by atoms with Gasteiger partial charge in [0.05, 0.1) is 6.61 Å². The van der Waals surface area contributed by atoms with Gasteiger partial charge in [0.2, 0.25) is 0 Å². The fraction of sp³-hybridized carbons (Fsp3) is 1.00.